The van der Waals surface area contributed by atoms with Crippen molar-refractivity contribution >= 4 is 39.7 Å². The maximum absolute atomic E-state index is 10.8. The van der Waals surface area contributed by atoms with Crippen LogP contribution in [0, 0.1) is 5.92 Å². The van der Waals surface area contributed by atoms with Crippen molar-refractivity contribution in [2.24, 2.45) is 5.92 Å². The van der Waals surface area contributed by atoms with E-state index >= 15 is 0 Å². The number of unbranched alkanes of at least 4 members (excludes halogenated alkanes) is 7. The predicted molar refractivity (Wildman–Crippen MR) is 84.6 cm³/mol. The summed E-state index contributed by atoms with van der Waals surface area (Å²) in [6.45, 7) is 4.21. The Labute approximate surface area is 142 Å². The molecule has 0 aliphatic carbocycles. The fourth-order valence-electron chi connectivity index (χ4n) is 2.27. The maximum atomic E-state index is 10.8. The monoisotopic (exact) mass is 302 g/mol. The summed E-state index contributed by atoms with van der Waals surface area (Å²) in [6.07, 6.45) is 11.9. The van der Waals surface area contributed by atoms with Crippen LogP contribution in [0.4, 0.5) is 0 Å². The summed E-state index contributed by atoms with van der Waals surface area (Å²) in [5.41, 5.74) is 0. The Morgan fingerprint density at radius 2 is 1.37 bits per heavy atom. The quantitative estimate of drug-likeness (QED) is 0.339. The Kier molecular flexibility index (Phi) is 16.2. The summed E-state index contributed by atoms with van der Waals surface area (Å²) >= 11 is 0. The molecule has 0 saturated heterocycles. The molecule has 0 heterocycles. The number of rotatable bonds is 12. The molecule has 0 aromatic rings. The Morgan fingerprint density at radius 3 is 1.79 bits per heavy atom. The van der Waals surface area contributed by atoms with Crippen LogP contribution >= 0.6 is 0 Å². The SMILES string of the molecule is CCCCCCCCCCC(CC)CS(=O)(=O)O.[NaH]. The standard InChI is InChI=1S/C14H30O3S.Na.H/c1-3-5-6-7-8-9-10-11-12-14(4-2)13-18(15,16)17;;/h14H,3-13H2,1-2H3,(H,15,16,17);;. The third-order valence-electron chi connectivity index (χ3n) is 3.49. The molecule has 19 heavy (non-hydrogen) atoms. The zero-order valence-corrected chi connectivity index (χ0v) is 12.8. The first-order valence-electron chi connectivity index (χ1n) is 7.44. The van der Waals surface area contributed by atoms with Crippen LogP contribution in [0.15, 0.2) is 0 Å². The van der Waals surface area contributed by atoms with E-state index in [0.717, 1.165) is 19.3 Å². The van der Waals surface area contributed by atoms with E-state index < -0.39 is 10.1 Å². The average Bonchev–Trinajstić information content (AvgIpc) is 2.29. The van der Waals surface area contributed by atoms with Crippen molar-refractivity contribution in [2.45, 2.75) is 78.1 Å². The van der Waals surface area contributed by atoms with Gasteiger partial charge in [0, 0.05) is 0 Å². The molecule has 0 aliphatic rings. The predicted octanol–water partition coefficient (Wildman–Crippen LogP) is 3.78. The van der Waals surface area contributed by atoms with E-state index in [0.29, 0.717) is 0 Å². The third kappa shape index (κ3) is 16.9. The van der Waals surface area contributed by atoms with E-state index in [4.69, 9.17) is 4.55 Å². The molecule has 0 fully saturated rings. The second kappa shape index (κ2) is 13.9. The topological polar surface area (TPSA) is 54.4 Å². The molecule has 112 valence electrons. The van der Waals surface area contributed by atoms with Gasteiger partial charge in [-0.2, -0.15) is 8.42 Å². The molecule has 0 aromatic heterocycles. The van der Waals surface area contributed by atoms with E-state index in [-0.39, 0.29) is 41.2 Å². The molecule has 3 nitrogen and oxygen atoms in total. The molecular weight excluding hydrogens is 271 g/mol. The molecule has 0 spiro atoms. The van der Waals surface area contributed by atoms with Crippen LogP contribution in [-0.4, -0.2) is 48.3 Å². The van der Waals surface area contributed by atoms with Crippen molar-refractivity contribution in [3.8, 4) is 0 Å². The summed E-state index contributed by atoms with van der Waals surface area (Å²) in [4.78, 5) is 0. The first-order valence-corrected chi connectivity index (χ1v) is 9.05. The first-order chi connectivity index (χ1) is 8.49. The Morgan fingerprint density at radius 1 is 0.895 bits per heavy atom. The molecule has 0 aromatic carbocycles. The van der Waals surface area contributed by atoms with Crippen molar-refractivity contribution in [3.05, 3.63) is 0 Å². The molecule has 1 N–H and O–H groups in total. The zero-order chi connectivity index (χ0) is 13.9. The summed E-state index contributed by atoms with van der Waals surface area (Å²) in [5.74, 6) is 0.0556. The van der Waals surface area contributed by atoms with Crippen LogP contribution in [0.25, 0.3) is 0 Å². The van der Waals surface area contributed by atoms with E-state index in [2.05, 4.69) is 6.92 Å². The van der Waals surface area contributed by atoms with E-state index in [9.17, 15) is 8.42 Å². The van der Waals surface area contributed by atoms with Gasteiger partial charge in [-0.1, -0.05) is 71.6 Å². The van der Waals surface area contributed by atoms with Gasteiger partial charge in [0.1, 0.15) is 0 Å². The van der Waals surface area contributed by atoms with E-state index in [1.165, 1.54) is 44.9 Å². The van der Waals surface area contributed by atoms with Gasteiger partial charge in [0.25, 0.3) is 10.1 Å². The second-order valence-corrected chi connectivity index (χ2v) is 6.78. The molecule has 0 radical (unpaired) electrons. The summed E-state index contributed by atoms with van der Waals surface area (Å²) in [5, 5.41) is 0. The van der Waals surface area contributed by atoms with Crippen molar-refractivity contribution in [1.29, 1.82) is 0 Å². The van der Waals surface area contributed by atoms with Crippen molar-refractivity contribution in [2.75, 3.05) is 5.75 Å². The molecular formula is C14H31NaO3S. The molecule has 0 aliphatic heterocycles. The van der Waals surface area contributed by atoms with Crippen LogP contribution < -0.4 is 0 Å². The van der Waals surface area contributed by atoms with Crippen LogP contribution in [0.2, 0.25) is 0 Å². The normalized spacial score (nSPS) is 13.0. The fraction of sp³-hybridized carbons (Fsp3) is 1.00. The van der Waals surface area contributed by atoms with Crippen molar-refractivity contribution in [1.82, 2.24) is 0 Å². The van der Waals surface area contributed by atoms with Gasteiger partial charge < -0.3 is 0 Å². The molecule has 0 amide bonds. The average molecular weight is 302 g/mol. The van der Waals surface area contributed by atoms with Gasteiger partial charge in [0.15, 0.2) is 0 Å². The van der Waals surface area contributed by atoms with Gasteiger partial charge in [-0.25, -0.2) is 0 Å². The zero-order valence-electron chi connectivity index (χ0n) is 12.0. The molecule has 0 rings (SSSR count). The summed E-state index contributed by atoms with van der Waals surface area (Å²) < 4.78 is 30.4. The van der Waals surface area contributed by atoms with E-state index in [1.807, 2.05) is 6.92 Å². The van der Waals surface area contributed by atoms with Gasteiger partial charge in [-0.15, -0.1) is 0 Å². The van der Waals surface area contributed by atoms with Gasteiger partial charge in [-0.05, 0) is 12.3 Å². The van der Waals surface area contributed by atoms with Gasteiger partial charge >= 0.3 is 29.6 Å². The second-order valence-electron chi connectivity index (χ2n) is 5.29. The molecule has 1 unspecified atom stereocenters. The Hall–Kier alpha value is 0.910. The number of hydrogen-bond acceptors (Lipinski definition) is 2. The Balaban J connectivity index is 0. The van der Waals surface area contributed by atoms with Crippen LogP contribution in [-0.2, 0) is 10.1 Å². The van der Waals surface area contributed by atoms with Gasteiger partial charge in [-0.3, -0.25) is 4.55 Å². The number of hydrogen-bond donors (Lipinski definition) is 1. The fourth-order valence-corrected chi connectivity index (χ4v) is 3.27. The molecule has 0 bridgehead atoms. The minimum atomic E-state index is -3.79. The molecule has 1 atom stereocenters. The van der Waals surface area contributed by atoms with Gasteiger partial charge in [0.2, 0.25) is 0 Å². The summed E-state index contributed by atoms with van der Waals surface area (Å²) in [7, 11) is -3.79. The van der Waals surface area contributed by atoms with Gasteiger partial charge in [0.05, 0.1) is 5.75 Å². The first kappa shape index (κ1) is 22.2. The van der Waals surface area contributed by atoms with E-state index in [1.54, 1.807) is 0 Å². The van der Waals surface area contributed by atoms with Crippen LogP contribution in [0.3, 0.4) is 0 Å². The van der Waals surface area contributed by atoms with Crippen LogP contribution in [0.5, 0.6) is 0 Å². The summed E-state index contributed by atoms with van der Waals surface area (Å²) in [6, 6.07) is 0. The molecule has 0 saturated carbocycles. The minimum absolute atomic E-state index is 0. The van der Waals surface area contributed by atoms with Crippen LogP contribution in [0.1, 0.15) is 78.1 Å². The van der Waals surface area contributed by atoms with Crippen molar-refractivity contribution < 1.29 is 13.0 Å². The Bertz CT molecular complexity index is 278. The third-order valence-corrected chi connectivity index (χ3v) is 4.38. The molecule has 5 heteroatoms. The van der Waals surface area contributed by atoms with Crippen molar-refractivity contribution in [3.63, 3.8) is 0 Å².